The first kappa shape index (κ1) is 15.4. The van der Waals surface area contributed by atoms with Gasteiger partial charge in [0.25, 0.3) is 0 Å². The van der Waals surface area contributed by atoms with Crippen LogP contribution < -0.4 is 0 Å². The van der Waals surface area contributed by atoms with Crippen LogP contribution in [0.1, 0.15) is 24.0 Å². The fourth-order valence-electron chi connectivity index (χ4n) is 2.63. The van der Waals surface area contributed by atoms with Gasteiger partial charge in [0.15, 0.2) is 0 Å². The van der Waals surface area contributed by atoms with Crippen LogP contribution in [0.5, 0.6) is 0 Å². The molecule has 0 aromatic heterocycles. The largest absolute Gasteiger partial charge is 0.481 e. The van der Waals surface area contributed by atoms with E-state index in [-0.39, 0.29) is 6.03 Å². The number of aliphatic carboxylic acids is 1. The highest BCUT2D eigenvalue weighted by Crippen LogP contribution is 2.18. The molecule has 1 aromatic rings. The summed E-state index contributed by atoms with van der Waals surface area (Å²) in [4.78, 5) is 26.8. The number of rotatable bonds is 3. The molecule has 1 aliphatic rings. The Morgan fingerprint density at radius 1 is 1.33 bits per heavy atom. The molecule has 2 amide bonds. The first-order valence-corrected chi connectivity index (χ1v) is 7.26. The maximum atomic E-state index is 12.4. The summed E-state index contributed by atoms with van der Waals surface area (Å²) in [6.45, 7) is 3.51. The van der Waals surface area contributed by atoms with Gasteiger partial charge in [-0.1, -0.05) is 29.8 Å². The van der Waals surface area contributed by atoms with Gasteiger partial charge in [0.05, 0.1) is 5.92 Å². The number of carbonyl (C=O) groups excluding carboxylic acids is 1. The van der Waals surface area contributed by atoms with Crippen LogP contribution in [-0.4, -0.2) is 47.0 Å². The molecule has 21 heavy (non-hydrogen) atoms. The molecule has 0 aliphatic carbocycles. The maximum Gasteiger partial charge on any atom is 0.320 e. The van der Waals surface area contributed by atoms with E-state index in [0.717, 1.165) is 12.0 Å². The van der Waals surface area contributed by atoms with Crippen molar-refractivity contribution in [1.82, 2.24) is 9.80 Å². The third-order valence-electron chi connectivity index (χ3n) is 3.91. The number of piperidine rings is 1. The summed E-state index contributed by atoms with van der Waals surface area (Å²) >= 11 is 0. The standard InChI is InChI=1S/C16H22N2O3/c1-12-5-7-13(8-6-12)10-17(2)16(21)18-9-3-4-14(11-18)15(19)20/h5-8,14H,3-4,9-11H2,1-2H3,(H,19,20). The molecule has 2 rings (SSSR count). The Morgan fingerprint density at radius 2 is 2.00 bits per heavy atom. The van der Waals surface area contributed by atoms with Gasteiger partial charge in [-0.3, -0.25) is 4.79 Å². The summed E-state index contributed by atoms with van der Waals surface area (Å²) in [5, 5.41) is 9.09. The van der Waals surface area contributed by atoms with Crippen molar-refractivity contribution >= 4 is 12.0 Å². The van der Waals surface area contributed by atoms with Gasteiger partial charge in [0.2, 0.25) is 0 Å². The van der Waals surface area contributed by atoms with Gasteiger partial charge < -0.3 is 14.9 Å². The number of carbonyl (C=O) groups is 2. The summed E-state index contributed by atoms with van der Waals surface area (Å²) in [5.41, 5.74) is 2.26. The molecule has 1 fully saturated rings. The molecule has 0 bridgehead atoms. The summed E-state index contributed by atoms with van der Waals surface area (Å²) in [7, 11) is 1.76. The highest BCUT2D eigenvalue weighted by molar-refractivity contribution is 5.76. The molecule has 5 nitrogen and oxygen atoms in total. The fraction of sp³-hybridized carbons (Fsp3) is 0.500. The van der Waals surface area contributed by atoms with Gasteiger partial charge in [-0.25, -0.2) is 4.79 Å². The second-order valence-corrected chi connectivity index (χ2v) is 5.75. The van der Waals surface area contributed by atoms with Crippen molar-refractivity contribution in [3.63, 3.8) is 0 Å². The van der Waals surface area contributed by atoms with Crippen molar-refractivity contribution in [2.24, 2.45) is 5.92 Å². The first-order chi connectivity index (χ1) is 9.97. The van der Waals surface area contributed by atoms with Crippen molar-refractivity contribution < 1.29 is 14.7 Å². The monoisotopic (exact) mass is 290 g/mol. The van der Waals surface area contributed by atoms with Crippen LogP contribution in [0, 0.1) is 12.8 Å². The van der Waals surface area contributed by atoms with Gasteiger partial charge in [-0.2, -0.15) is 0 Å². The number of hydrogen-bond donors (Lipinski definition) is 1. The van der Waals surface area contributed by atoms with Gasteiger partial charge in [0.1, 0.15) is 0 Å². The fourth-order valence-corrected chi connectivity index (χ4v) is 2.63. The van der Waals surface area contributed by atoms with Gasteiger partial charge in [-0.15, -0.1) is 0 Å². The predicted octanol–water partition coefficient (Wildman–Crippen LogP) is 2.34. The van der Waals surface area contributed by atoms with Gasteiger partial charge in [0, 0.05) is 26.7 Å². The highest BCUT2D eigenvalue weighted by atomic mass is 16.4. The quantitative estimate of drug-likeness (QED) is 0.929. The van der Waals surface area contributed by atoms with Gasteiger partial charge >= 0.3 is 12.0 Å². The molecule has 1 N–H and O–H groups in total. The third-order valence-corrected chi connectivity index (χ3v) is 3.91. The minimum Gasteiger partial charge on any atom is -0.481 e. The number of benzene rings is 1. The van der Waals surface area contributed by atoms with Crippen LogP contribution in [0.2, 0.25) is 0 Å². The molecule has 5 heteroatoms. The molecule has 1 saturated heterocycles. The van der Waals surface area contributed by atoms with Crippen molar-refractivity contribution in [2.45, 2.75) is 26.3 Å². The number of urea groups is 1. The Hall–Kier alpha value is -2.04. The van der Waals surface area contributed by atoms with E-state index < -0.39 is 11.9 Å². The lowest BCUT2D eigenvalue weighted by atomic mass is 9.99. The SMILES string of the molecule is Cc1ccc(CN(C)C(=O)N2CCCC(C(=O)O)C2)cc1. The molecule has 0 spiro atoms. The molecule has 0 radical (unpaired) electrons. The molecule has 114 valence electrons. The number of aryl methyl sites for hydroxylation is 1. The number of likely N-dealkylation sites (tertiary alicyclic amines) is 1. The van der Waals surface area contributed by atoms with E-state index in [9.17, 15) is 9.59 Å². The lowest BCUT2D eigenvalue weighted by Gasteiger charge is -2.33. The minimum absolute atomic E-state index is 0.0958. The minimum atomic E-state index is -0.811. The predicted molar refractivity (Wildman–Crippen MR) is 80.0 cm³/mol. The molecular formula is C16H22N2O3. The van der Waals surface area contributed by atoms with Crippen molar-refractivity contribution in [2.75, 3.05) is 20.1 Å². The average Bonchev–Trinajstić information content (AvgIpc) is 2.49. The molecule has 1 aromatic carbocycles. The summed E-state index contributed by atoms with van der Waals surface area (Å²) in [5.74, 6) is -1.25. The number of carboxylic acids is 1. The zero-order chi connectivity index (χ0) is 15.4. The lowest BCUT2D eigenvalue weighted by molar-refractivity contribution is -0.143. The van der Waals surface area contributed by atoms with Crippen molar-refractivity contribution in [3.8, 4) is 0 Å². The second-order valence-electron chi connectivity index (χ2n) is 5.75. The maximum absolute atomic E-state index is 12.4. The number of amides is 2. The first-order valence-electron chi connectivity index (χ1n) is 7.26. The Bertz CT molecular complexity index is 513. The molecule has 0 saturated carbocycles. The van der Waals surface area contributed by atoms with Crippen molar-refractivity contribution in [3.05, 3.63) is 35.4 Å². The summed E-state index contributed by atoms with van der Waals surface area (Å²) in [6, 6.07) is 7.97. The van der Waals surface area contributed by atoms with Crippen LogP contribution >= 0.6 is 0 Å². The lowest BCUT2D eigenvalue weighted by Crippen LogP contribution is -2.47. The number of carboxylic acid groups (broad SMARTS) is 1. The zero-order valence-corrected chi connectivity index (χ0v) is 12.6. The van der Waals surface area contributed by atoms with E-state index in [1.807, 2.05) is 31.2 Å². The van der Waals surface area contributed by atoms with Crippen LogP contribution in [0.25, 0.3) is 0 Å². The van der Waals surface area contributed by atoms with Crippen LogP contribution in [-0.2, 0) is 11.3 Å². The van der Waals surface area contributed by atoms with Crippen LogP contribution in [0.15, 0.2) is 24.3 Å². The summed E-state index contributed by atoms with van der Waals surface area (Å²) < 4.78 is 0. The Morgan fingerprint density at radius 3 is 2.62 bits per heavy atom. The third kappa shape index (κ3) is 3.97. The van der Waals surface area contributed by atoms with E-state index in [4.69, 9.17) is 5.11 Å². The molecule has 1 heterocycles. The number of hydrogen-bond acceptors (Lipinski definition) is 2. The van der Waals surface area contributed by atoms with E-state index in [1.165, 1.54) is 5.56 Å². The molecule has 1 unspecified atom stereocenters. The Kier molecular flexibility index (Phi) is 4.83. The summed E-state index contributed by atoms with van der Waals surface area (Å²) in [6.07, 6.45) is 1.40. The normalized spacial score (nSPS) is 18.4. The van der Waals surface area contributed by atoms with E-state index in [2.05, 4.69) is 0 Å². The Labute approximate surface area is 125 Å². The van der Waals surface area contributed by atoms with Crippen LogP contribution in [0.3, 0.4) is 0 Å². The second kappa shape index (κ2) is 6.61. The van der Waals surface area contributed by atoms with E-state index >= 15 is 0 Å². The van der Waals surface area contributed by atoms with Crippen molar-refractivity contribution in [1.29, 1.82) is 0 Å². The van der Waals surface area contributed by atoms with E-state index in [1.54, 1.807) is 16.8 Å². The average molecular weight is 290 g/mol. The van der Waals surface area contributed by atoms with Gasteiger partial charge in [-0.05, 0) is 25.3 Å². The number of nitrogens with zero attached hydrogens (tertiary/aromatic N) is 2. The zero-order valence-electron chi connectivity index (χ0n) is 12.6. The highest BCUT2D eigenvalue weighted by Gasteiger charge is 2.29. The Balaban J connectivity index is 1.95. The molecular weight excluding hydrogens is 268 g/mol. The topological polar surface area (TPSA) is 60.9 Å². The molecule has 1 atom stereocenters. The smallest absolute Gasteiger partial charge is 0.320 e. The van der Waals surface area contributed by atoms with Crippen LogP contribution in [0.4, 0.5) is 4.79 Å². The molecule has 1 aliphatic heterocycles. The van der Waals surface area contributed by atoms with E-state index in [0.29, 0.717) is 26.1 Å².